The molecule has 2 fully saturated rings. The average Bonchev–Trinajstić information content (AvgIpc) is 2.60. The largest absolute Gasteiger partial charge is 0.481 e. The van der Waals surface area contributed by atoms with Gasteiger partial charge in [0.2, 0.25) is 5.91 Å². The van der Waals surface area contributed by atoms with E-state index in [0.29, 0.717) is 0 Å². The molecule has 0 aliphatic heterocycles. The number of nitrogens with one attached hydrogen (secondary N) is 1. The minimum Gasteiger partial charge on any atom is -0.481 e. The monoisotopic (exact) mass is 183 g/mol. The highest BCUT2D eigenvalue weighted by Gasteiger charge is 2.64. The number of carbonyl (C=O) groups excluding carboxylic acids is 1. The van der Waals surface area contributed by atoms with Gasteiger partial charge in [-0.1, -0.05) is 0 Å². The number of amides is 1. The van der Waals surface area contributed by atoms with Gasteiger partial charge >= 0.3 is 5.97 Å². The van der Waals surface area contributed by atoms with E-state index in [2.05, 4.69) is 5.32 Å². The van der Waals surface area contributed by atoms with Gasteiger partial charge in [0.15, 0.2) is 0 Å². The first kappa shape index (κ1) is 8.53. The molecule has 2 aliphatic rings. The van der Waals surface area contributed by atoms with Gasteiger partial charge in [0.05, 0.1) is 5.92 Å². The third kappa shape index (κ3) is 1.30. The molecule has 0 aromatic carbocycles. The molecule has 1 atom stereocenters. The summed E-state index contributed by atoms with van der Waals surface area (Å²) in [6.07, 6.45) is 2.51. The second-order valence-corrected chi connectivity index (χ2v) is 4.26. The fraction of sp³-hybridized carbons (Fsp3) is 0.778. The third-order valence-corrected chi connectivity index (χ3v) is 3.20. The average molecular weight is 183 g/mol. The summed E-state index contributed by atoms with van der Waals surface area (Å²) in [5.41, 5.74) is 0.0545. The van der Waals surface area contributed by atoms with Crippen LogP contribution in [0.2, 0.25) is 0 Å². The second kappa shape index (κ2) is 2.47. The van der Waals surface area contributed by atoms with E-state index in [4.69, 9.17) is 5.11 Å². The van der Waals surface area contributed by atoms with Crippen molar-refractivity contribution in [3.05, 3.63) is 0 Å². The fourth-order valence-corrected chi connectivity index (χ4v) is 2.46. The third-order valence-electron chi connectivity index (χ3n) is 3.20. The standard InChI is InChI=1S/C9H13NO3/c1-5(11)10-6-2-9(3-6)4-7(9)8(12)13/h6-7H,2-4H2,1H3,(H,10,11)(H,12,13). The van der Waals surface area contributed by atoms with Crippen LogP contribution in [0.25, 0.3) is 0 Å². The van der Waals surface area contributed by atoms with Crippen molar-refractivity contribution < 1.29 is 14.7 Å². The van der Waals surface area contributed by atoms with Crippen LogP contribution in [0.4, 0.5) is 0 Å². The topological polar surface area (TPSA) is 66.4 Å². The van der Waals surface area contributed by atoms with Crippen molar-refractivity contribution in [1.82, 2.24) is 5.32 Å². The van der Waals surface area contributed by atoms with Crippen LogP contribution < -0.4 is 5.32 Å². The van der Waals surface area contributed by atoms with Gasteiger partial charge < -0.3 is 10.4 Å². The normalized spacial score (nSPS) is 41.0. The molecule has 4 nitrogen and oxygen atoms in total. The molecule has 0 radical (unpaired) electrons. The Labute approximate surface area is 76.3 Å². The van der Waals surface area contributed by atoms with Gasteiger partial charge in [-0.2, -0.15) is 0 Å². The van der Waals surface area contributed by atoms with Crippen molar-refractivity contribution in [2.24, 2.45) is 11.3 Å². The Hall–Kier alpha value is -1.06. The Morgan fingerprint density at radius 1 is 1.38 bits per heavy atom. The van der Waals surface area contributed by atoms with Gasteiger partial charge in [-0.15, -0.1) is 0 Å². The van der Waals surface area contributed by atoms with Gasteiger partial charge in [-0.25, -0.2) is 0 Å². The number of hydrogen-bond donors (Lipinski definition) is 2. The highest BCUT2D eigenvalue weighted by Crippen LogP contribution is 2.65. The highest BCUT2D eigenvalue weighted by atomic mass is 16.4. The molecule has 13 heavy (non-hydrogen) atoms. The summed E-state index contributed by atoms with van der Waals surface area (Å²) in [7, 11) is 0. The van der Waals surface area contributed by atoms with E-state index in [1.807, 2.05) is 0 Å². The van der Waals surface area contributed by atoms with Gasteiger partial charge in [0, 0.05) is 13.0 Å². The lowest BCUT2D eigenvalue weighted by Gasteiger charge is -2.36. The van der Waals surface area contributed by atoms with Crippen molar-refractivity contribution in [3.8, 4) is 0 Å². The molecule has 2 saturated carbocycles. The van der Waals surface area contributed by atoms with Crippen molar-refractivity contribution in [2.45, 2.75) is 32.2 Å². The van der Waals surface area contributed by atoms with Crippen LogP contribution in [0.5, 0.6) is 0 Å². The quantitative estimate of drug-likeness (QED) is 0.650. The zero-order chi connectivity index (χ0) is 9.64. The van der Waals surface area contributed by atoms with E-state index in [9.17, 15) is 9.59 Å². The molecule has 0 heterocycles. The van der Waals surface area contributed by atoms with Gasteiger partial charge in [-0.3, -0.25) is 9.59 Å². The van der Waals surface area contributed by atoms with Gasteiger partial charge in [-0.05, 0) is 24.7 Å². The van der Waals surface area contributed by atoms with E-state index in [-0.39, 0.29) is 23.3 Å². The summed E-state index contributed by atoms with van der Waals surface area (Å²) in [4.78, 5) is 21.3. The summed E-state index contributed by atoms with van der Waals surface area (Å²) in [5.74, 6) is -0.842. The summed E-state index contributed by atoms with van der Waals surface area (Å²) >= 11 is 0. The first-order chi connectivity index (χ1) is 6.03. The van der Waals surface area contributed by atoms with E-state index in [1.165, 1.54) is 6.92 Å². The van der Waals surface area contributed by atoms with Crippen molar-refractivity contribution >= 4 is 11.9 Å². The van der Waals surface area contributed by atoms with E-state index >= 15 is 0 Å². The Morgan fingerprint density at radius 3 is 2.38 bits per heavy atom. The number of carbonyl (C=O) groups is 2. The molecule has 0 aromatic heterocycles. The van der Waals surface area contributed by atoms with Crippen LogP contribution in [0.15, 0.2) is 0 Å². The number of carboxylic acids is 1. The summed E-state index contributed by atoms with van der Waals surface area (Å²) in [5, 5.41) is 11.5. The second-order valence-electron chi connectivity index (χ2n) is 4.26. The lowest BCUT2D eigenvalue weighted by Crippen LogP contribution is -2.45. The lowest BCUT2D eigenvalue weighted by molar-refractivity contribution is -0.140. The molecule has 1 unspecified atom stereocenters. The maximum Gasteiger partial charge on any atom is 0.307 e. The Balaban J connectivity index is 1.80. The van der Waals surface area contributed by atoms with Crippen molar-refractivity contribution in [2.75, 3.05) is 0 Å². The molecule has 4 heteroatoms. The fourth-order valence-electron chi connectivity index (χ4n) is 2.46. The van der Waals surface area contributed by atoms with Crippen LogP contribution in [-0.2, 0) is 9.59 Å². The molecular weight excluding hydrogens is 170 g/mol. The summed E-state index contributed by atoms with van der Waals surface area (Å²) in [6.45, 7) is 1.49. The summed E-state index contributed by atoms with van der Waals surface area (Å²) in [6, 6.07) is 0.224. The molecule has 1 spiro atoms. The zero-order valence-electron chi connectivity index (χ0n) is 7.54. The summed E-state index contributed by atoms with van der Waals surface area (Å²) < 4.78 is 0. The Bertz CT molecular complexity index is 268. The molecule has 2 rings (SSSR count). The maximum absolute atomic E-state index is 10.7. The molecular formula is C9H13NO3. The van der Waals surface area contributed by atoms with E-state index in [1.54, 1.807) is 0 Å². The molecule has 0 aromatic rings. The predicted octanol–water partition coefficient (Wildman–Crippen LogP) is 0.376. The lowest BCUT2D eigenvalue weighted by atomic mass is 9.75. The van der Waals surface area contributed by atoms with Crippen LogP contribution >= 0.6 is 0 Å². The minimum absolute atomic E-state index is 0.0209. The molecule has 2 aliphatic carbocycles. The number of aliphatic carboxylic acids is 1. The van der Waals surface area contributed by atoms with Crippen LogP contribution in [0.1, 0.15) is 26.2 Å². The Kier molecular flexibility index (Phi) is 1.62. The molecule has 2 N–H and O–H groups in total. The van der Waals surface area contributed by atoms with Crippen LogP contribution in [0.3, 0.4) is 0 Å². The minimum atomic E-state index is -0.679. The van der Waals surface area contributed by atoms with Crippen molar-refractivity contribution in [3.63, 3.8) is 0 Å². The predicted molar refractivity (Wildman–Crippen MR) is 45.0 cm³/mol. The number of carboxylic acid groups (broad SMARTS) is 1. The van der Waals surface area contributed by atoms with Gasteiger partial charge in [0.1, 0.15) is 0 Å². The van der Waals surface area contributed by atoms with E-state index < -0.39 is 5.97 Å². The first-order valence-corrected chi connectivity index (χ1v) is 4.53. The first-order valence-electron chi connectivity index (χ1n) is 4.53. The SMILES string of the molecule is CC(=O)NC1CC2(C1)CC2C(=O)O. The van der Waals surface area contributed by atoms with Crippen LogP contribution in [0, 0.1) is 11.3 Å². The zero-order valence-corrected chi connectivity index (χ0v) is 7.54. The highest BCUT2D eigenvalue weighted by molar-refractivity contribution is 5.76. The number of rotatable bonds is 2. The maximum atomic E-state index is 10.7. The van der Waals surface area contributed by atoms with E-state index in [0.717, 1.165) is 19.3 Å². The molecule has 0 bridgehead atoms. The molecule has 0 saturated heterocycles. The van der Waals surface area contributed by atoms with Crippen molar-refractivity contribution in [1.29, 1.82) is 0 Å². The van der Waals surface area contributed by atoms with Crippen LogP contribution in [-0.4, -0.2) is 23.0 Å². The molecule has 1 amide bonds. The smallest absolute Gasteiger partial charge is 0.307 e. The Morgan fingerprint density at radius 2 is 2.00 bits per heavy atom. The number of hydrogen-bond acceptors (Lipinski definition) is 2. The molecule has 72 valence electrons. The van der Waals surface area contributed by atoms with Gasteiger partial charge in [0.25, 0.3) is 0 Å².